The number of imide groups is 1. The van der Waals surface area contributed by atoms with Gasteiger partial charge in [0.1, 0.15) is 5.82 Å². The number of nitrogens with zero attached hydrogens (tertiary/aromatic N) is 1. The predicted octanol–water partition coefficient (Wildman–Crippen LogP) is 2.88. The predicted molar refractivity (Wildman–Crippen MR) is 103 cm³/mol. The molecule has 1 fully saturated rings. The molecule has 7 nitrogen and oxygen atoms in total. The summed E-state index contributed by atoms with van der Waals surface area (Å²) in [6.07, 6.45) is -1.03. The quantitative estimate of drug-likeness (QED) is 0.689. The zero-order valence-electron chi connectivity index (χ0n) is 14.7. The van der Waals surface area contributed by atoms with Crippen LogP contribution < -0.4 is 10.6 Å². The number of aliphatic hydroxyl groups is 1. The monoisotopic (exact) mass is 403 g/mol. The highest BCUT2D eigenvalue weighted by atomic mass is 32.2. The molecule has 0 radical (unpaired) electrons. The second-order valence-corrected chi connectivity index (χ2v) is 7.06. The molecule has 1 saturated heterocycles. The summed E-state index contributed by atoms with van der Waals surface area (Å²) in [6, 6.07) is 11.7. The summed E-state index contributed by atoms with van der Waals surface area (Å²) in [4.78, 5) is 36.4. The van der Waals surface area contributed by atoms with Crippen molar-refractivity contribution >= 4 is 34.6 Å². The molecule has 0 saturated carbocycles. The van der Waals surface area contributed by atoms with Crippen molar-refractivity contribution in [3.63, 3.8) is 0 Å². The highest BCUT2D eigenvalue weighted by Gasteiger charge is 2.29. The van der Waals surface area contributed by atoms with E-state index in [2.05, 4.69) is 10.6 Å². The Balaban J connectivity index is 1.49. The Bertz CT molecular complexity index is 875. The average Bonchev–Trinajstić information content (AvgIpc) is 2.99. The average molecular weight is 403 g/mol. The van der Waals surface area contributed by atoms with Gasteiger partial charge in [-0.15, -0.1) is 0 Å². The normalized spacial score (nSPS) is 14.9. The molecule has 1 unspecified atom stereocenters. The molecular weight excluding hydrogens is 385 g/mol. The summed E-state index contributed by atoms with van der Waals surface area (Å²) < 4.78 is 13.2. The fourth-order valence-corrected chi connectivity index (χ4v) is 3.33. The molecule has 1 heterocycles. The summed E-state index contributed by atoms with van der Waals surface area (Å²) in [7, 11) is 0. The number of anilines is 1. The van der Waals surface area contributed by atoms with Crippen LogP contribution in [0, 0.1) is 5.82 Å². The lowest BCUT2D eigenvalue weighted by Gasteiger charge is -2.14. The van der Waals surface area contributed by atoms with Crippen LogP contribution in [0.1, 0.15) is 17.2 Å². The van der Waals surface area contributed by atoms with Crippen molar-refractivity contribution in [3.8, 4) is 0 Å². The van der Waals surface area contributed by atoms with Gasteiger partial charge in [0.2, 0.25) is 5.91 Å². The third kappa shape index (κ3) is 5.08. The second kappa shape index (κ2) is 8.85. The highest BCUT2D eigenvalue weighted by Crippen LogP contribution is 2.22. The molecule has 0 bridgehead atoms. The minimum absolute atomic E-state index is 0.0791. The summed E-state index contributed by atoms with van der Waals surface area (Å²) >= 11 is 0.982. The van der Waals surface area contributed by atoms with E-state index in [1.54, 1.807) is 30.3 Å². The molecule has 28 heavy (non-hydrogen) atoms. The maximum absolute atomic E-state index is 13.2. The molecule has 3 N–H and O–H groups in total. The minimum Gasteiger partial charge on any atom is -0.387 e. The van der Waals surface area contributed by atoms with Crippen LogP contribution in [0.5, 0.6) is 0 Å². The van der Waals surface area contributed by atoms with Crippen molar-refractivity contribution in [2.24, 2.45) is 0 Å². The van der Waals surface area contributed by atoms with Gasteiger partial charge in [0.15, 0.2) is 0 Å². The van der Waals surface area contributed by atoms with E-state index < -0.39 is 18.0 Å². The van der Waals surface area contributed by atoms with E-state index in [0.29, 0.717) is 11.3 Å². The van der Waals surface area contributed by atoms with Crippen molar-refractivity contribution in [2.45, 2.75) is 12.6 Å². The van der Waals surface area contributed by atoms with Crippen LogP contribution in [0.3, 0.4) is 0 Å². The smallest absolute Gasteiger partial charge is 0.319 e. The zero-order valence-corrected chi connectivity index (χ0v) is 15.5. The number of thioether (sulfide) groups is 1. The van der Waals surface area contributed by atoms with Gasteiger partial charge in [-0.3, -0.25) is 14.5 Å². The molecule has 1 aliphatic heterocycles. The third-order valence-corrected chi connectivity index (χ3v) is 4.94. The van der Waals surface area contributed by atoms with Crippen LogP contribution in [0.15, 0.2) is 48.5 Å². The fraction of sp³-hybridized carbons (Fsp3) is 0.211. The molecule has 0 spiro atoms. The first-order valence-corrected chi connectivity index (χ1v) is 9.45. The molecular formula is C19H18FN3O4S. The van der Waals surface area contributed by atoms with Gasteiger partial charge in [0.25, 0.3) is 5.24 Å². The standard InChI is InChI=1S/C19H18FN3O4S/c20-14-3-1-2-13(8-14)16(24)9-21-18(26)22-15-6-4-12(5-7-15)10-23-17(25)11-28-19(23)27/h1-8,16,24H,9-11H2,(H2,21,22,26). The summed E-state index contributed by atoms with van der Waals surface area (Å²) in [5, 5.41) is 14.9. The number of amides is 4. The number of hydrogen-bond acceptors (Lipinski definition) is 5. The van der Waals surface area contributed by atoms with E-state index in [1.165, 1.54) is 23.1 Å². The maximum atomic E-state index is 13.2. The Hall–Kier alpha value is -2.91. The number of halogens is 1. The number of benzene rings is 2. The van der Waals surface area contributed by atoms with E-state index in [4.69, 9.17) is 0 Å². The van der Waals surface area contributed by atoms with Crippen LogP contribution in [-0.2, 0) is 11.3 Å². The van der Waals surface area contributed by atoms with Crippen LogP contribution in [0.2, 0.25) is 0 Å². The van der Waals surface area contributed by atoms with Crippen LogP contribution in [0.4, 0.5) is 19.7 Å². The number of carbonyl (C=O) groups excluding carboxylic acids is 3. The second-order valence-electron chi connectivity index (χ2n) is 6.14. The molecule has 146 valence electrons. The number of carbonyl (C=O) groups is 3. The lowest BCUT2D eigenvalue weighted by molar-refractivity contribution is -0.125. The van der Waals surface area contributed by atoms with Gasteiger partial charge in [0, 0.05) is 12.2 Å². The Morgan fingerprint density at radius 3 is 2.61 bits per heavy atom. The SMILES string of the molecule is O=C(NCC(O)c1cccc(F)c1)Nc1ccc(CN2C(=O)CSC2=O)cc1. The van der Waals surface area contributed by atoms with E-state index in [9.17, 15) is 23.9 Å². The summed E-state index contributed by atoms with van der Waals surface area (Å²) in [5.74, 6) is -0.509. The molecule has 1 aliphatic rings. The van der Waals surface area contributed by atoms with Gasteiger partial charge in [-0.1, -0.05) is 36.0 Å². The Morgan fingerprint density at radius 1 is 1.21 bits per heavy atom. The molecule has 3 rings (SSSR count). The Morgan fingerprint density at radius 2 is 1.96 bits per heavy atom. The van der Waals surface area contributed by atoms with Gasteiger partial charge in [-0.25, -0.2) is 9.18 Å². The lowest BCUT2D eigenvalue weighted by Crippen LogP contribution is -2.32. The van der Waals surface area contributed by atoms with Crippen LogP contribution >= 0.6 is 11.8 Å². The Kier molecular flexibility index (Phi) is 6.27. The molecule has 4 amide bonds. The molecule has 0 aromatic heterocycles. The Labute approximate surface area is 164 Å². The van der Waals surface area contributed by atoms with Gasteiger partial charge < -0.3 is 15.7 Å². The van der Waals surface area contributed by atoms with Crippen molar-refractivity contribution in [3.05, 3.63) is 65.5 Å². The molecule has 2 aromatic rings. The minimum atomic E-state index is -1.03. The first-order chi connectivity index (χ1) is 13.4. The number of hydrogen-bond donors (Lipinski definition) is 3. The maximum Gasteiger partial charge on any atom is 0.319 e. The van der Waals surface area contributed by atoms with Gasteiger partial charge in [-0.05, 0) is 35.4 Å². The number of urea groups is 1. The van der Waals surface area contributed by atoms with Crippen molar-refractivity contribution in [2.75, 3.05) is 17.6 Å². The van der Waals surface area contributed by atoms with Gasteiger partial charge in [-0.2, -0.15) is 0 Å². The molecule has 0 aliphatic carbocycles. The zero-order chi connectivity index (χ0) is 20.1. The summed E-state index contributed by atoms with van der Waals surface area (Å²) in [5.41, 5.74) is 1.64. The largest absolute Gasteiger partial charge is 0.387 e. The van der Waals surface area contributed by atoms with Crippen LogP contribution in [0.25, 0.3) is 0 Å². The van der Waals surface area contributed by atoms with Gasteiger partial charge in [0.05, 0.1) is 18.4 Å². The number of nitrogens with one attached hydrogen (secondary N) is 2. The highest BCUT2D eigenvalue weighted by molar-refractivity contribution is 8.14. The van der Waals surface area contributed by atoms with Crippen LogP contribution in [-0.4, -0.2) is 39.5 Å². The van der Waals surface area contributed by atoms with E-state index in [-0.39, 0.29) is 30.0 Å². The van der Waals surface area contributed by atoms with E-state index in [0.717, 1.165) is 17.3 Å². The lowest BCUT2D eigenvalue weighted by atomic mass is 10.1. The van der Waals surface area contributed by atoms with Gasteiger partial charge >= 0.3 is 6.03 Å². The fourth-order valence-electron chi connectivity index (χ4n) is 2.61. The molecule has 9 heteroatoms. The van der Waals surface area contributed by atoms with Crippen molar-refractivity contribution in [1.29, 1.82) is 0 Å². The van der Waals surface area contributed by atoms with E-state index in [1.807, 2.05) is 0 Å². The topological polar surface area (TPSA) is 98.7 Å². The van der Waals surface area contributed by atoms with Crippen molar-refractivity contribution in [1.82, 2.24) is 10.2 Å². The summed E-state index contributed by atoms with van der Waals surface area (Å²) in [6.45, 7) is 0.112. The first-order valence-electron chi connectivity index (χ1n) is 8.47. The first kappa shape index (κ1) is 19.8. The number of aliphatic hydroxyl groups excluding tert-OH is 1. The van der Waals surface area contributed by atoms with Crippen molar-refractivity contribution < 1.29 is 23.9 Å². The number of rotatable bonds is 6. The third-order valence-electron chi connectivity index (χ3n) is 4.08. The molecule has 2 aromatic carbocycles. The van der Waals surface area contributed by atoms with E-state index >= 15 is 0 Å². The molecule has 1 atom stereocenters.